The Morgan fingerprint density at radius 3 is 2.95 bits per heavy atom. The first-order chi connectivity index (χ1) is 9.51. The van der Waals surface area contributed by atoms with Gasteiger partial charge in [-0.2, -0.15) is 0 Å². The van der Waals surface area contributed by atoms with E-state index in [2.05, 4.69) is 10.6 Å². The summed E-state index contributed by atoms with van der Waals surface area (Å²) in [5.41, 5.74) is 0.418. The quantitative estimate of drug-likeness (QED) is 0.816. The molecule has 2 rings (SSSR count). The molecule has 0 aliphatic carbocycles. The van der Waals surface area contributed by atoms with Crippen LogP contribution in [-0.4, -0.2) is 28.3 Å². The molecule has 0 spiro atoms. The van der Waals surface area contributed by atoms with Gasteiger partial charge in [-0.3, -0.25) is 19.7 Å². The minimum Gasteiger partial charge on any atom is -0.342 e. The van der Waals surface area contributed by atoms with E-state index >= 15 is 0 Å². The van der Waals surface area contributed by atoms with E-state index in [-0.39, 0.29) is 18.2 Å². The van der Waals surface area contributed by atoms with Gasteiger partial charge in [-0.15, -0.1) is 0 Å². The summed E-state index contributed by atoms with van der Waals surface area (Å²) in [6.07, 6.45) is 3.10. The summed E-state index contributed by atoms with van der Waals surface area (Å²) in [5.74, 6) is -1.13. The summed E-state index contributed by atoms with van der Waals surface area (Å²) in [5, 5.41) is 5.32. The molecule has 6 nitrogen and oxygen atoms in total. The number of aryl methyl sites for hydroxylation is 1. The standard InChI is InChI=1S/C13H16ClN3O3/c1-2-5-17-7-8(14)6-10(17)13(20)15-9-3-4-11(18)16-12(9)19/h6-7,9H,2-5H2,1H3,(H,15,20)(H,16,18,19). The molecule has 1 fully saturated rings. The van der Waals surface area contributed by atoms with Crippen LogP contribution in [0.3, 0.4) is 0 Å². The molecule has 0 aromatic carbocycles. The minimum absolute atomic E-state index is 0.230. The van der Waals surface area contributed by atoms with Crippen LogP contribution >= 0.6 is 11.6 Å². The lowest BCUT2D eigenvalue weighted by molar-refractivity contribution is -0.134. The molecule has 2 heterocycles. The Kier molecular flexibility index (Phi) is 4.44. The lowest BCUT2D eigenvalue weighted by atomic mass is 10.1. The highest BCUT2D eigenvalue weighted by Gasteiger charge is 2.28. The van der Waals surface area contributed by atoms with E-state index in [9.17, 15) is 14.4 Å². The smallest absolute Gasteiger partial charge is 0.268 e. The Bertz CT molecular complexity index is 553. The molecule has 0 bridgehead atoms. The number of piperidine rings is 1. The first-order valence-corrected chi connectivity index (χ1v) is 6.89. The fraction of sp³-hybridized carbons (Fsp3) is 0.462. The number of hydrogen-bond acceptors (Lipinski definition) is 3. The highest BCUT2D eigenvalue weighted by molar-refractivity contribution is 6.31. The number of hydrogen-bond donors (Lipinski definition) is 2. The third-order valence-electron chi connectivity index (χ3n) is 3.10. The van der Waals surface area contributed by atoms with Gasteiger partial charge in [-0.25, -0.2) is 0 Å². The van der Waals surface area contributed by atoms with E-state index in [1.165, 1.54) is 0 Å². The molecule has 1 aliphatic rings. The van der Waals surface area contributed by atoms with Crippen LogP contribution in [0.5, 0.6) is 0 Å². The number of aromatic nitrogens is 1. The van der Waals surface area contributed by atoms with E-state index in [0.717, 1.165) is 6.42 Å². The predicted molar refractivity (Wildman–Crippen MR) is 73.4 cm³/mol. The SMILES string of the molecule is CCCn1cc(Cl)cc1C(=O)NC1CCC(=O)NC1=O. The zero-order valence-electron chi connectivity index (χ0n) is 11.1. The zero-order valence-corrected chi connectivity index (χ0v) is 11.9. The second kappa shape index (κ2) is 6.09. The summed E-state index contributed by atoms with van der Waals surface area (Å²) in [4.78, 5) is 34.9. The van der Waals surface area contributed by atoms with Crippen LogP contribution in [0.15, 0.2) is 12.3 Å². The van der Waals surface area contributed by atoms with E-state index in [4.69, 9.17) is 11.6 Å². The number of carbonyl (C=O) groups excluding carboxylic acids is 3. The summed E-state index contributed by atoms with van der Waals surface area (Å²) < 4.78 is 1.75. The molecule has 3 amide bonds. The molecule has 1 atom stereocenters. The van der Waals surface area contributed by atoms with Gasteiger partial charge in [0, 0.05) is 19.2 Å². The van der Waals surface area contributed by atoms with Crippen molar-refractivity contribution >= 4 is 29.3 Å². The molecule has 108 valence electrons. The van der Waals surface area contributed by atoms with Gasteiger partial charge < -0.3 is 9.88 Å². The molecule has 7 heteroatoms. The van der Waals surface area contributed by atoms with Crippen molar-refractivity contribution in [2.45, 2.75) is 38.8 Å². The Labute approximate surface area is 121 Å². The van der Waals surface area contributed by atoms with Crippen molar-refractivity contribution in [3.63, 3.8) is 0 Å². The van der Waals surface area contributed by atoms with Crippen molar-refractivity contribution in [1.82, 2.24) is 15.2 Å². The van der Waals surface area contributed by atoms with E-state index in [0.29, 0.717) is 23.7 Å². The summed E-state index contributed by atoms with van der Waals surface area (Å²) in [6, 6.07) is 0.891. The lowest BCUT2D eigenvalue weighted by Crippen LogP contribution is -2.52. The number of nitrogens with one attached hydrogen (secondary N) is 2. The largest absolute Gasteiger partial charge is 0.342 e. The molecule has 1 aromatic rings. The predicted octanol–water partition coefficient (Wildman–Crippen LogP) is 1.09. The van der Waals surface area contributed by atoms with Gasteiger partial charge in [0.1, 0.15) is 11.7 Å². The highest BCUT2D eigenvalue weighted by atomic mass is 35.5. The molecule has 1 unspecified atom stereocenters. The maximum atomic E-state index is 12.2. The molecule has 1 aliphatic heterocycles. The summed E-state index contributed by atoms with van der Waals surface area (Å²) in [7, 11) is 0. The van der Waals surface area contributed by atoms with Crippen LogP contribution in [-0.2, 0) is 16.1 Å². The average molecular weight is 298 g/mol. The Hall–Kier alpha value is -1.82. The third-order valence-corrected chi connectivity index (χ3v) is 3.31. The maximum Gasteiger partial charge on any atom is 0.268 e. The monoisotopic (exact) mass is 297 g/mol. The van der Waals surface area contributed by atoms with Crippen LogP contribution in [0.25, 0.3) is 0 Å². The average Bonchev–Trinajstić information content (AvgIpc) is 2.74. The molecular formula is C13H16ClN3O3. The first-order valence-electron chi connectivity index (χ1n) is 6.51. The van der Waals surface area contributed by atoms with Crippen molar-refractivity contribution < 1.29 is 14.4 Å². The fourth-order valence-corrected chi connectivity index (χ4v) is 2.38. The Morgan fingerprint density at radius 1 is 1.55 bits per heavy atom. The van der Waals surface area contributed by atoms with Gasteiger partial charge in [0.05, 0.1) is 5.02 Å². The third kappa shape index (κ3) is 3.19. The van der Waals surface area contributed by atoms with Gasteiger partial charge in [0.15, 0.2) is 0 Å². The van der Waals surface area contributed by atoms with Crippen LogP contribution in [0, 0.1) is 0 Å². The van der Waals surface area contributed by atoms with Crippen molar-refractivity contribution in [3.8, 4) is 0 Å². The van der Waals surface area contributed by atoms with Crippen LogP contribution in [0.2, 0.25) is 5.02 Å². The zero-order chi connectivity index (χ0) is 14.7. The molecule has 20 heavy (non-hydrogen) atoms. The number of nitrogens with zero attached hydrogens (tertiary/aromatic N) is 1. The van der Waals surface area contributed by atoms with Gasteiger partial charge in [0.25, 0.3) is 5.91 Å². The van der Waals surface area contributed by atoms with Crippen LogP contribution < -0.4 is 10.6 Å². The molecule has 0 radical (unpaired) electrons. The van der Waals surface area contributed by atoms with E-state index < -0.39 is 11.9 Å². The summed E-state index contributed by atoms with van der Waals surface area (Å²) in [6.45, 7) is 2.67. The Balaban J connectivity index is 2.08. The number of rotatable bonds is 4. The Morgan fingerprint density at radius 2 is 2.30 bits per heavy atom. The molecule has 0 saturated carbocycles. The molecular weight excluding hydrogens is 282 g/mol. The molecule has 1 aromatic heterocycles. The fourth-order valence-electron chi connectivity index (χ4n) is 2.15. The second-order valence-corrected chi connectivity index (χ2v) is 5.15. The van der Waals surface area contributed by atoms with Crippen LogP contribution in [0.1, 0.15) is 36.7 Å². The number of halogens is 1. The number of imide groups is 1. The number of carbonyl (C=O) groups is 3. The topological polar surface area (TPSA) is 80.2 Å². The molecule has 2 N–H and O–H groups in total. The highest BCUT2D eigenvalue weighted by Crippen LogP contribution is 2.15. The van der Waals surface area contributed by atoms with Gasteiger partial charge in [-0.1, -0.05) is 18.5 Å². The second-order valence-electron chi connectivity index (χ2n) is 4.71. The van der Waals surface area contributed by atoms with Gasteiger partial charge in [-0.05, 0) is 18.9 Å². The van der Waals surface area contributed by atoms with Crippen molar-refractivity contribution in [3.05, 3.63) is 23.0 Å². The van der Waals surface area contributed by atoms with Crippen molar-refractivity contribution in [2.75, 3.05) is 0 Å². The first kappa shape index (κ1) is 14.6. The molecule has 1 saturated heterocycles. The van der Waals surface area contributed by atoms with Crippen LogP contribution in [0.4, 0.5) is 0 Å². The van der Waals surface area contributed by atoms with Crippen molar-refractivity contribution in [2.24, 2.45) is 0 Å². The normalized spacial score (nSPS) is 18.8. The van der Waals surface area contributed by atoms with E-state index in [1.807, 2.05) is 6.92 Å². The van der Waals surface area contributed by atoms with Gasteiger partial charge in [0.2, 0.25) is 11.8 Å². The maximum absolute atomic E-state index is 12.2. The van der Waals surface area contributed by atoms with Crippen molar-refractivity contribution in [1.29, 1.82) is 0 Å². The lowest BCUT2D eigenvalue weighted by Gasteiger charge is -2.22. The van der Waals surface area contributed by atoms with E-state index in [1.54, 1.807) is 16.8 Å². The minimum atomic E-state index is -0.677. The van der Waals surface area contributed by atoms with Gasteiger partial charge >= 0.3 is 0 Å². The number of amides is 3. The summed E-state index contributed by atoms with van der Waals surface area (Å²) >= 11 is 5.91.